The largest absolute Gasteiger partial charge is 0.480 e. The van der Waals surface area contributed by atoms with Crippen LogP contribution in [-0.4, -0.2) is 77.4 Å². The van der Waals surface area contributed by atoms with E-state index in [4.69, 9.17) is 17.2 Å². The fourth-order valence-electron chi connectivity index (χ4n) is 4.55. The molecule has 0 fully saturated rings. The van der Waals surface area contributed by atoms with Crippen molar-refractivity contribution in [3.05, 3.63) is 0 Å². The maximum atomic E-state index is 13.6. The van der Waals surface area contributed by atoms with Gasteiger partial charge in [-0.25, -0.2) is 4.79 Å². The molecule has 6 atom stereocenters. The normalized spacial score (nSPS) is 15.5. The molecule has 0 spiro atoms. The molecule has 0 aromatic carbocycles. The number of carbonyl (C=O) groups excluding carboxylic acids is 4. The zero-order chi connectivity index (χ0) is 34.1. The van der Waals surface area contributed by atoms with Crippen molar-refractivity contribution < 1.29 is 29.1 Å². The fraction of sp³-hybridized carbons (Fsp3) is 0.800. The van der Waals surface area contributed by atoms with Crippen LogP contribution in [0.1, 0.15) is 93.9 Å². The Morgan fingerprint density at radius 1 is 0.682 bits per heavy atom. The first-order valence-corrected chi connectivity index (χ1v) is 15.6. The highest BCUT2D eigenvalue weighted by Gasteiger charge is 2.34. The number of nitrogens with one attached hydrogen (secondary N) is 4. The van der Waals surface area contributed by atoms with Gasteiger partial charge in [0, 0.05) is 6.54 Å². The van der Waals surface area contributed by atoms with Crippen LogP contribution in [0.15, 0.2) is 4.99 Å². The van der Waals surface area contributed by atoms with Crippen molar-refractivity contribution in [1.82, 2.24) is 21.3 Å². The summed E-state index contributed by atoms with van der Waals surface area (Å²) in [6.45, 7) is 15.2. The summed E-state index contributed by atoms with van der Waals surface area (Å²) in [5.41, 5.74) is 16.8. The molecule has 0 radical (unpaired) electrons. The molecule has 4 amide bonds. The molecule has 0 bridgehead atoms. The molecule has 254 valence electrons. The van der Waals surface area contributed by atoms with Crippen molar-refractivity contribution in [1.29, 1.82) is 0 Å². The Hall–Kier alpha value is -3.42. The van der Waals surface area contributed by atoms with Gasteiger partial charge in [-0.3, -0.25) is 24.2 Å². The SMILES string of the molecule is CC[C@H](C)[C@H](NC(=O)[C@H](CCCN=C(N)N)NC(=O)[C@@H](N)CC(C)C)C(=O)N[C@@H](CC(C)C)C(=O)N[C@@H](CC(C)C)C(=O)O. The van der Waals surface area contributed by atoms with E-state index >= 15 is 0 Å². The molecule has 0 aliphatic carbocycles. The summed E-state index contributed by atoms with van der Waals surface area (Å²) in [7, 11) is 0. The van der Waals surface area contributed by atoms with Gasteiger partial charge in [0.1, 0.15) is 24.2 Å². The molecule has 0 aromatic heterocycles. The van der Waals surface area contributed by atoms with Crippen LogP contribution >= 0.6 is 0 Å². The number of guanidine groups is 1. The molecule has 0 saturated carbocycles. The van der Waals surface area contributed by atoms with Gasteiger partial charge >= 0.3 is 5.97 Å². The third-order valence-corrected chi connectivity index (χ3v) is 7.10. The van der Waals surface area contributed by atoms with E-state index < -0.39 is 59.8 Å². The number of carboxylic acids is 1. The highest BCUT2D eigenvalue weighted by atomic mass is 16.4. The molecular formula is C30H58N8O6. The zero-order valence-corrected chi connectivity index (χ0v) is 27.8. The van der Waals surface area contributed by atoms with Crippen LogP contribution in [0.3, 0.4) is 0 Å². The molecule has 0 unspecified atom stereocenters. The van der Waals surface area contributed by atoms with Gasteiger partial charge in [0.05, 0.1) is 6.04 Å². The standard InChI is InChI=1S/C30H58N8O6/c1-9-19(8)24(28(42)36-22(14-17(4)5)27(41)37-23(29(43)44)15-18(6)7)38-26(40)21(11-10-12-34-30(32)33)35-25(39)20(31)13-16(2)3/h16-24H,9-15,31H2,1-8H3,(H,35,39)(H,36,42)(H,37,41)(H,38,40)(H,43,44)(H4,32,33,34)/t19-,20-,21-,22-,23-,24-/m0/s1. The molecule has 11 N–H and O–H groups in total. The van der Waals surface area contributed by atoms with Crippen LogP contribution in [0.4, 0.5) is 0 Å². The third kappa shape index (κ3) is 16.4. The fourth-order valence-corrected chi connectivity index (χ4v) is 4.55. The minimum atomic E-state index is -1.16. The number of carboxylic acid groups (broad SMARTS) is 1. The van der Waals surface area contributed by atoms with Gasteiger partial charge in [-0.05, 0) is 55.8 Å². The molecule has 44 heavy (non-hydrogen) atoms. The van der Waals surface area contributed by atoms with E-state index in [9.17, 15) is 29.1 Å². The van der Waals surface area contributed by atoms with Crippen molar-refractivity contribution in [3.8, 4) is 0 Å². The molecular weight excluding hydrogens is 568 g/mol. The molecule has 0 rings (SSSR count). The lowest BCUT2D eigenvalue weighted by molar-refractivity contribution is -0.143. The van der Waals surface area contributed by atoms with Gasteiger partial charge in [-0.2, -0.15) is 0 Å². The summed E-state index contributed by atoms with van der Waals surface area (Å²) in [6, 6.07) is -5.01. The molecule has 0 aliphatic rings. The van der Waals surface area contributed by atoms with Crippen LogP contribution in [0.25, 0.3) is 0 Å². The van der Waals surface area contributed by atoms with E-state index in [-0.39, 0.29) is 55.4 Å². The number of nitrogens with two attached hydrogens (primary N) is 3. The lowest BCUT2D eigenvalue weighted by Crippen LogP contribution is -2.60. The van der Waals surface area contributed by atoms with Crippen molar-refractivity contribution >= 4 is 35.6 Å². The number of hydrogen-bond donors (Lipinski definition) is 8. The molecule has 14 nitrogen and oxygen atoms in total. The van der Waals surface area contributed by atoms with Crippen molar-refractivity contribution in [2.24, 2.45) is 45.9 Å². The monoisotopic (exact) mass is 626 g/mol. The summed E-state index contributed by atoms with van der Waals surface area (Å²) in [4.78, 5) is 68.8. The average molecular weight is 627 g/mol. The van der Waals surface area contributed by atoms with Gasteiger partial charge in [0.2, 0.25) is 23.6 Å². The lowest BCUT2D eigenvalue weighted by Gasteiger charge is -2.29. The van der Waals surface area contributed by atoms with Gasteiger partial charge in [-0.1, -0.05) is 61.8 Å². The lowest BCUT2D eigenvalue weighted by atomic mass is 9.95. The quantitative estimate of drug-likeness (QED) is 0.0503. The first kappa shape index (κ1) is 40.6. The topological polar surface area (TPSA) is 244 Å². The highest BCUT2D eigenvalue weighted by Crippen LogP contribution is 2.13. The number of amides is 4. The second kappa shape index (κ2) is 20.5. The summed E-state index contributed by atoms with van der Waals surface area (Å²) in [6.07, 6.45) is 1.98. The Balaban J connectivity index is 6.00. The Labute approximate surface area is 262 Å². The van der Waals surface area contributed by atoms with Crippen LogP contribution in [0.2, 0.25) is 0 Å². The first-order chi connectivity index (χ1) is 20.4. The van der Waals surface area contributed by atoms with E-state index in [0.29, 0.717) is 19.3 Å². The average Bonchev–Trinajstić information content (AvgIpc) is 2.90. The van der Waals surface area contributed by atoms with Gasteiger partial charge in [0.15, 0.2) is 5.96 Å². The van der Waals surface area contributed by atoms with Gasteiger partial charge < -0.3 is 43.6 Å². The van der Waals surface area contributed by atoms with Crippen LogP contribution in [-0.2, 0) is 24.0 Å². The Morgan fingerprint density at radius 3 is 1.64 bits per heavy atom. The van der Waals surface area contributed by atoms with Crippen LogP contribution in [0.5, 0.6) is 0 Å². The van der Waals surface area contributed by atoms with E-state index in [2.05, 4.69) is 26.3 Å². The summed E-state index contributed by atoms with van der Waals surface area (Å²) < 4.78 is 0. The smallest absolute Gasteiger partial charge is 0.326 e. The molecule has 0 heterocycles. The van der Waals surface area contributed by atoms with Crippen molar-refractivity contribution in [3.63, 3.8) is 0 Å². The van der Waals surface area contributed by atoms with Crippen LogP contribution < -0.4 is 38.5 Å². The number of hydrogen-bond acceptors (Lipinski definition) is 7. The number of aliphatic carboxylic acids is 1. The number of aliphatic imine (C=N–C) groups is 1. The Kier molecular flexibility index (Phi) is 18.9. The summed E-state index contributed by atoms with van der Waals surface area (Å²) in [5, 5.41) is 20.4. The maximum absolute atomic E-state index is 13.6. The molecule has 0 saturated heterocycles. The molecule has 14 heteroatoms. The first-order valence-electron chi connectivity index (χ1n) is 15.6. The second-order valence-electron chi connectivity index (χ2n) is 12.8. The second-order valence-corrected chi connectivity index (χ2v) is 12.8. The highest BCUT2D eigenvalue weighted by molar-refractivity contribution is 5.95. The van der Waals surface area contributed by atoms with Crippen molar-refractivity contribution in [2.75, 3.05) is 6.54 Å². The minimum absolute atomic E-state index is 0.00377. The van der Waals surface area contributed by atoms with E-state index in [1.807, 2.05) is 48.5 Å². The van der Waals surface area contributed by atoms with Crippen molar-refractivity contribution in [2.45, 2.75) is 124 Å². The number of nitrogens with zero attached hydrogens (tertiary/aromatic N) is 1. The maximum Gasteiger partial charge on any atom is 0.326 e. The van der Waals surface area contributed by atoms with E-state index in [1.165, 1.54) is 0 Å². The van der Waals surface area contributed by atoms with Crippen LogP contribution in [0, 0.1) is 23.7 Å². The Morgan fingerprint density at radius 2 is 1.16 bits per heavy atom. The minimum Gasteiger partial charge on any atom is -0.480 e. The number of rotatable bonds is 21. The molecule has 0 aliphatic heterocycles. The Bertz CT molecular complexity index is 967. The molecule has 0 aromatic rings. The summed E-state index contributed by atoms with van der Waals surface area (Å²) in [5.74, 6) is -3.70. The van der Waals surface area contributed by atoms with Gasteiger partial charge in [-0.15, -0.1) is 0 Å². The number of carbonyl (C=O) groups is 5. The van der Waals surface area contributed by atoms with Gasteiger partial charge in [0.25, 0.3) is 0 Å². The third-order valence-electron chi connectivity index (χ3n) is 7.10. The van der Waals surface area contributed by atoms with E-state index in [1.54, 1.807) is 6.92 Å². The van der Waals surface area contributed by atoms with E-state index in [0.717, 1.165) is 0 Å². The zero-order valence-electron chi connectivity index (χ0n) is 27.8. The summed E-state index contributed by atoms with van der Waals surface area (Å²) >= 11 is 0. The predicted octanol–water partition coefficient (Wildman–Crippen LogP) is 0.576. The predicted molar refractivity (Wildman–Crippen MR) is 171 cm³/mol.